The fraction of sp³-hybridized carbons (Fsp3) is 0.889. The molecular formula is C9H21N2O2P. The van der Waals surface area contributed by atoms with Gasteiger partial charge in [-0.05, 0) is 17.8 Å². The molecule has 0 amide bonds. The first-order chi connectivity index (χ1) is 6.30. The van der Waals surface area contributed by atoms with Crippen LogP contribution in [-0.2, 0) is 4.79 Å². The number of nitrogens with one attached hydrogen (secondary N) is 1. The third-order valence-corrected chi connectivity index (χ3v) is 2.56. The molecule has 4 N–H and O–H groups in total. The Balaban J connectivity index is 4.16. The zero-order valence-corrected chi connectivity index (χ0v) is 10.2. The molecule has 0 aliphatic heterocycles. The summed E-state index contributed by atoms with van der Waals surface area (Å²) in [5.74, 6) is -0.937. The van der Waals surface area contributed by atoms with E-state index in [0.717, 1.165) is 13.0 Å². The number of carboxylic acids is 1. The molecule has 3 atom stereocenters. The molecule has 0 aromatic rings. The Kier molecular flexibility index (Phi) is 5.57. The summed E-state index contributed by atoms with van der Waals surface area (Å²) in [6, 6.07) is -0.765. The molecule has 3 unspecified atom stereocenters. The van der Waals surface area contributed by atoms with E-state index in [2.05, 4.69) is 28.3 Å². The first kappa shape index (κ1) is 13.8. The van der Waals surface area contributed by atoms with E-state index in [1.165, 1.54) is 0 Å². The maximum absolute atomic E-state index is 10.6. The van der Waals surface area contributed by atoms with Crippen molar-refractivity contribution in [2.24, 2.45) is 17.1 Å². The molecule has 0 aliphatic carbocycles. The second-order valence-electron chi connectivity index (χ2n) is 4.59. The lowest BCUT2D eigenvalue weighted by atomic mass is 9.81. The van der Waals surface area contributed by atoms with Crippen LogP contribution in [-0.4, -0.2) is 23.7 Å². The van der Waals surface area contributed by atoms with E-state index >= 15 is 0 Å². The van der Waals surface area contributed by atoms with Crippen LogP contribution in [0.4, 0.5) is 0 Å². The van der Waals surface area contributed by atoms with Crippen LogP contribution >= 0.6 is 9.39 Å². The summed E-state index contributed by atoms with van der Waals surface area (Å²) < 4.78 is 0. The van der Waals surface area contributed by atoms with Crippen LogP contribution in [0.15, 0.2) is 0 Å². The SMILES string of the molecule is CC(CC(C)(C)CNP)C(N)C(=O)O. The Morgan fingerprint density at radius 3 is 2.50 bits per heavy atom. The lowest BCUT2D eigenvalue weighted by Crippen LogP contribution is -2.39. The Morgan fingerprint density at radius 1 is 1.64 bits per heavy atom. The predicted octanol–water partition coefficient (Wildman–Crippen LogP) is 0.830. The van der Waals surface area contributed by atoms with Crippen molar-refractivity contribution in [2.45, 2.75) is 33.2 Å². The van der Waals surface area contributed by atoms with Crippen LogP contribution < -0.4 is 10.8 Å². The van der Waals surface area contributed by atoms with Crippen molar-refractivity contribution in [3.63, 3.8) is 0 Å². The van der Waals surface area contributed by atoms with Gasteiger partial charge in [-0.2, -0.15) is 0 Å². The Bertz CT molecular complexity index is 197. The summed E-state index contributed by atoms with van der Waals surface area (Å²) in [4.78, 5) is 10.6. The van der Waals surface area contributed by atoms with E-state index in [-0.39, 0.29) is 11.3 Å². The zero-order valence-electron chi connectivity index (χ0n) is 9.08. The van der Waals surface area contributed by atoms with E-state index in [9.17, 15) is 4.79 Å². The second kappa shape index (κ2) is 5.64. The van der Waals surface area contributed by atoms with Crippen LogP contribution in [0.25, 0.3) is 0 Å². The molecule has 5 heteroatoms. The highest BCUT2D eigenvalue weighted by Gasteiger charge is 2.27. The Hall–Kier alpha value is -0.180. The van der Waals surface area contributed by atoms with Gasteiger partial charge in [0.15, 0.2) is 0 Å². The summed E-state index contributed by atoms with van der Waals surface area (Å²) in [5.41, 5.74) is 5.60. The van der Waals surface area contributed by atoms with Gasteiger partial charge in [0.1, 0.15) is 6.04 Å². The third kappa shape index (κ3) is 4.89. The van der Waals surface area contributed by atoms with Crippen LogP contribution in [0, 0.1) is 11.3 Å². The van der Waals surface area contributed by atoms with E-state index < -0.39 is 12.0 Å². The average molecular weight is 220 g/mol. The average Bonchev–Trinajstić information content (AvgIpc) is 2.01. The van der Waals surface area contributed by atoms with Gasteiger partial charge in [-0.3, -0.25) is 4.79 Å². The van der Waals surface area contributed by atoms with Crippen LogP contribution in [0.5, 0.6) is 0 Å². The predicted molar refractivity (Wildman–Crippen MR) is 60.9 cm³/mol. The molecule has 0 heterocycles. The fourth-order valence-corrected chi connectivity index (χ4v) is 2.14. The van der Waals surface area contributed by atoms with Crippen molar-refractivity contribution in [1.29, 1.82) is 0 Å². The summed E-state index contributed by atoms with van der Waals surface area (Å²) in [7, 11) is 2.45. The molecule has 0 aromatic carbocycles. The summed E-state index contributed by atoms with van der Waals surface area (Å²) in [5, 5.41) is 11.7. The molecule has 0 saturated carbocycles. The minimum atomic E-state index is -0.924. The highest BCUT2D eigenvalue weighted by atomic mass is 31.0. The first-order valence-corrected chi connectivity index (χ1v) is 5.30. The molecule has 0 aromatic heterocycles. The number of hydrogen-bond donors (Lipinski definition) is 3. The quantitative estimate of drug-likeness (QED) is 0.579. The van der Waals surface area contributed by atoms with Crippen molar-refractivity contribution < 1.29 is 9.90 Å². The Morgan fingerprint density at radius 2 is 2.14 bits per heavy atom. The van der Waals surface area contributed by atoms with Crippen molar-refractivity contribution in [1.82, 2.24) is 5.09 Å². The molecule has 0 rings (SSSR count). The van der Waals surface area contributed by atoms with Crippen LogP contribution in [0.2, 0.25) is 0 Å². The zero-order chi connectivity index (χ0) is 11.4. The number of carbonyl (C=O) groups is 1. The highest BCUT2D eigenvalue weighted by Crippen LogP contribution is 2.26. The molecule has 0 aliphatic rings. The minimum Gasteiger partial charge on any atom is -0.480 e. The standard InChI is InChI=1S/C9H21N2O2P/c1-6(7(10)8(12)13)4-9(2,3)5-11-14/h6-7,11H,4-5,10,14H2,1-3H3,(H,12,13). The maximum Gasteiger partial charge on any atom is 0.320 e. The first-order valence-electron chi connectivity index (χ1n) is 4.72. The van der Waals surface area contributed by atoms with Crippen LogP contribution in [0.3, 0.4) is 0 Å². The highest BCUT2D eigenvalue weighted by molar-refractivity contribution is 7.13. The fourth-order valence-electron chi connectivity index (χ4n) is 1.59. The third-order valence-electron chi connectivity index (χ3n) is 2.35. The maximum atomic E-state index is 10.6. The topological polar surface area (TPSA) is 75.3 Å². The second-order valence-corrected chi connectivity index (χ2v) is 5.00. The molecule has 0 bridgehead atoms. The number of rotatable bonds is 6. The van der Waals surface area contributed by atoms with E-state index in [4.69, 9.17) is 10.8 Å². The van der Waals surface area contributed by atoms with Gasteiger partial charge in [0, 0.05) is 6.54 Å². The van der Waals surface area contributed by atoms with Crippen molar-refractivity contribution >= 4 is 15.4 Å². The van der Waals surface area contributed by atoms with E-state index in [1.807, 2.05) is 6.92 Å². The van der Waals surface area contributed by atoms with Crippen LogP contribution in [0.1, 0.15) is 27.2 Å². The minimum absolute atomic E-state index is 0.0131. The van der Waals surface area contributed by atoms with Gasteiger partial charge < -0.3 is 15.9 Å². The van der Waals surface area contributed by atoms with Gasteiger partial charge in [0.05, 0.1) is 0 Å². The molecule has 0 fully saturated rings. The molecule has 14 heavy (non-hydrogen) atoms. The van der Waals surface area contributed by atoms with Gasteiger partial charge in [0.25, 0.3) is 0 Å². The summed E-state index contributed by atoms with van der Waals surface area (Å²) in [6.07, 6.45) is 0.794. The summed E-state index contributed by atoms with van der Waals surface area (Å²) in [6.45, 7) is 6.89. The largest absolute Gasteiger partial charge is 0.480 e. The number of carboxylic acid groups (broad SMARTS) is 1. The molecule has 0 saturated heterocycles. The molecule has 84 valence electrons. The lowest BCUT2D eigenvalue weighted by molar-refractivity contribution is -0.139. The van der Waals surface area contributed by atoms with Gasteiger partial charge in [-0.1, -0.05) is 30.2 Å². The monoisotopic (exact) mass is 220 g/mol. The number of nitrogens with two attached hydrogens (primary N) is 1. The normalized spacial score (nSPS) is 16.4. The lowest BCUT2D eigenvalue weighted by Gasteiger charge is -2.29. The Labute approximate surface area is 87.9 Å². The van der Waals surface area contributed by atoms with Crippen molar-refractivity contribution in [2.75, 3.05) is 6.54 Å². The molecule has 0 radical (unpaired) electrons. The summed E-state index contributed by atoms with van der Waals surface area (Å²) >= 11 is 0. The number of hydrogen-bond acceptors (Lipinski definition) is 3. The van der Waals surface area contributed by atoms with Gasteiger partial charge in [0.2, 0.25) is 0 Å². The van der Waals surface area contributed by atoms with Gasteiger partial charge >= 0.3 is 5.97 Å². The molecule has 0 spiro atoms. The van der Waals surface area contributed by atoms with E-state index in [1.54, 1.807) is 0 Å². The van der Waals surface area contributed by atoms with Crippen molar-refractivity contribution in [3.05, 3.63) is 0 Å². The molecule has 4 nitrogen and oxygen atoms in total. The van der Waals surface area contributed by atoms with Gasteiger partial charge in [-0.25, -0.2) is 0 Å². The number of aliphatic carboxylic acids is 1. The smallest absolute Gasteiger partial charge is 0.320 e. The molecular weight excluding hydrogens is 199 g/mol. The van der Waals surface area contributed by atoms with Crippen molar-refractivity contribution in [3.8, 4) is 0 Å². The van der Waals surface area contributed by atoms with E-state index in [0.29, 0.717) is 0 Å². The van der Waals surface area contributed by atoms with Gasteiger partial charge in [-0.15, -0.1) is 0 Å².